The van der Waals surface area contributed by atoms with Gasteiger partial charge in [-0.05, 0) is 37.1 Å². The summed E-state index contributed by atoms with van der Waals surface area (Å²) in [5.74, 6) is 1.72. The van der Waals surface area contributed by atoms with E-state index >= 15 is 0 Å². The third kappa shape index (κ3) is 5.46. The second-order valence-corrected chi connectivity index (χ2v) is 6.68. The Hall–Kier alpha value is -3.08. The summed E-state index contributed by atoms with van der Waals surface area (Å²) in [5.41, 5.74) is 2.19. The normalized spacial score (nSPS) is 10.7. The van der Waals surface area contributed by atoms with Crippen LogP contribution in [0.15, 0.2) is 67.3 Å². The maximum Gasteiger partial charge on any atom is 0.257 e. The number of benzene rings is 2. The fourth-order valence-electron chi connectivity index (χ4n) is 3.18. The summed E-state index contributed by atoms with van der Waals surface area (Å²) >= 11 is 0. The van der Waals surface area contributed by atoms with E-state index in [1.54, 1.807) is 0 Å². The molecule has 2 aromatic carbocycles. The Labute approximate surface area is 166 Å². The van der Waals surface area contributed by atoms with Crippen LogP contribution in [-0.2, 0) is 17.8 Å². The van der Waals surface area contributed by atoms with E-state index in [1.165, 1.54) is 0 Å². The number of fused-ring (bicyclic) bond motifs is 1. The van der Waals surface area contributed by atoms with Gasteiger partial charge in [-0.15, -0.1) is 6.58 Å². The molecule has 0 bridgehead atoms. The largest absolute Gasteiger partial charge is 0.484 e. The number of rotatable bonds is 11. The van der Waals surface area contributed by atoms with E-state index in [0.717, 1.165) is 49.1 Å². The van der Waals surface area contributed by atoms with Crippen LogP contribution in [0.3, 0.4) is 0 Å². The van der Waals surface area contributed by atoms with Crippen molar-refractivity contribution in [3.05, 3.63) is 73.1 Å². The van der Waals surface area contributed by atoms with Crippen LogP contribution in [-0.4, -0.2) is 28.6 Å². The molecule has 1 N–H and O–H groups in total. The number of unbranched alkanes of at least 4 members (excludes halogenated alkanes) is 2. The van der Waals surface area contributed by atoms with Gasteiger partial charge in [0.25, 0.3) is 5.91 Å². The lowest BCUT2D eigenvalue weighted by atomic mass is 10.2. The van der Waals surface area contributed by atoms with Gasteiger partial charge in [0, 0.05) is 19.5 Å². The van der Waals surface area contributed by atoms with Gasteiger partial charge in [0.1, 0.15) is 11.6 Å². The van der Waals surface area contributed by atoms with Gasteiger partial charge in [-0.2, -0.15) is 0 Å². The van der Waals surface area contributed by atoms with E-state index in [4.69, 9.17) is 9.72 Å². The molecule has 28 heavy (non-hydrogen) atoms. The minimum atomic E-state index is -0.0865. The molecule has 0 spiro atoms. The number of allylic oxidation sites excluding steroid dienone is 1. The lowest BCUT2D eigenvalue weighted by Crippen LogP contribution is -2.29. The van der Waals surface area contributed by atoms with Gasteiger partial charge in [0.05, 0.1) is 11.0 Å². The van der Waals surface area contributed by atoms with E-state index in [2.05, 4.69) is 22.5 Å². The standard InChI is InChI=1S/C23H27N3O2/c1-2-17-26-21-14-9-8-13-20(21)25-22(26)15-7-4-10-16-24-23(27)18-28-19-11-5-3-6-12-19/h2-3,5-6,8-9,11-14H,1,4,7,10,15-18H2,(H,24,27). The molecular weight excluding hydrogens is 350 g/mol. The zero-order valence-electron chi connectivity index (χ0n) is 16.1. The number of ether oxygens (including phenoxy) is 1. The molecule has 0 aliphatic rings. The topological polar surface area (TPSA) is 56.2 Å². The molecule has 0 aliphatic heterocycles. The summed E-state index contributed by atoms with van der Waals surface area (Å²) in [6, 6.07) is 17.6. The maximum absolute atomic E-state index is 11.8. The number of nitrogens with one attached hydrogen (secondary N) is 1. The predicted octanol–water partition coefficient (Wildman–Crippen LogP) is 4.13. The maximum atomic E-state index is 11.8. The van der Waals surface area contributed by atoms with Crippen molar-refractivity contribution in [2.24, 2.45) is 0 Å². The predicted molar refractivity (Wildman–Crippen MR) is 112 cm³/mol. The third-order valence-electron chi connectivity index (χ3n) is 4.56. The Morgan fingerprint density at radius 2 is 1.86 bits per heavy atom. The molecule has 0 saturated heterocycles. The number of imidazole rings is 1. The van der Waals surface area contributed by atoms with Crippen LogP contribution in [0.4, 0.5) is 0 Å². The van der Waals surface area contributed by atoms with Crippen LogP contribution in [0.5, 0.6) is 5.75 Å². The number of hydrogen-bond donors (Lipinski definition) is 1. The number of hydrogen-bond acceptors (Lipinski definition) is 3. The second kappa shape index (κ2) is 10.3. The highest BCUT2D eigenvalue weighted by Gasteiger charge is 2.09. The van der Waals surface area contributed by atoms with Crippen LogP contribution in [0.25, 0.3) is 11.0 Å². The number of aryl methyl sites for hydroxylation is 1. The quantitative estimate of drug-likeness (QED) is 0.404. The third-order valence-corrected chi connectivity index (χ3v) is 4.56. The van der Waals surface area contributed by atoms with E-state index < -0.39 is 0 Å². The van der Waals surface area contributed by atoms with Crippen LogP contribution >= 0.6 is 0 Å². The summed E-state index contributed by atoms with van der Waals surface area (Å²) in [5, 5.41) is 2.91. The highest BCUT2D eigenvalue weighted by molar-refractivity contribution is 5.77. The monoisotopic (exact) mass is 377 g/mol. The average Bonchev–Trinajstić information content (AvgIpc) is 3.07. The molecule has 3 aromatic rings. The summed E-state index contributed by atoms with van der Waals surface area (Å²) < 4.78 is 7.66. The Morgan fingerprint density at radius 1 is 1.07 bits per heavy atom. The molecule has 5 heteroatoms. The van der Waals surface area contributed by atoms with Crippen molar-refractivity contribution in [1.82, 2.24) is 14.9 Å². The SMILES string of the molecule is C=CCn1c(CCCCCNC(=O)COc2ccccc2)nc2ccccc21. The molecule has 0 saturated carbocycles. The van der Waals surface area contributed by atoms with Gasteiger partial charge in [0.2, 0.25) is 0 Å². The lowest BCUT2D eigenvalue weighted by molar-refractivity contribution is -0.123. The summed E-state index contributed by atoms with van der Waals surface area (Å²) in [6.45, 7) is 5.35. The zero-order valence-corrected chi connectivity index (χ0v) is 16.1. The molecule has 1 aromatic heterocycles. The van der Waals surface area contributed by atoms with Crippen molar-refractivity contribution in [3.8, 4) is 5.75 Å². The van der Waals surface area contributed by atoms with Crippen LogP contribution in [0.1, 0.15) is 25.1 Å². The first-order valence-electron chi connectivity index (χ1n) is 9.77. The first kappa shape index (κ1) is 19.7. The van der Waals surface area contributed by atoms with Crippen molar-refractivity contribution >= 4 is 16.9 Å². The lowest BCUT2D eigenvalue weighted by Gasteiger charge is -2.08. The van der Waals surface area contributed by atoms with Gasteiger partial charge in [-0.1, -0.05) is 42.8 Å². The number of aromatic nitrogens is 2. The fraction of sp³-hybridized carbons (Fsp3) is 0.304. The fourth-order valence-corrected chi connectivity index (χ4v) is 3.18. The van der Waals surface area contributed by atoms with E-state index in [1.807, 2.05) is 54.6 Å². The second-order valence-electron chi connectivity index (χ2n) is 6.68. The van der Waals surface area contributed by atoms with Gasteiger partial charge in [-0.3, -0.25) is 4.79 Å². The number of carbonyl (C=O) groups excluding carboxylic acids is 1. The molecule has 0 fully saturated rings. The Bertz CT molecular complexity index is 903. The smallest absolute Gasteiger partial charge is 0.257 e. The van der Waals surface area contributed by atoms with Crippen LogP contribution < -0.4 is 10.1 Å². The van der Waals surface area contributed by atoms with Gasteiger partial charge in [0.15, 0.2) is 6.61 Å². The molecule has 0 atom stereocenters. The highest BCUT2D eigenvalue weighted by atomic mass is 16.5. The average molecular weight is 377 g/mol. The molecule has 3 rings (SSSR count). The van der Waals surface area contributed by atoms with E-state index in [0.29, 0.717) is 12.3 Å². The molecular formula is C23H27N3O2. The number of amides is 1. The van der Waals surface area contributed by atoms with Gasteiger partial charge >= 0.3 is 0 Å². The van der Waals surface area contributed by atoms with Crippen LogP contribution in [0.2, 0.25) is 0 Å². The van der Waals surface area contributed by atoms with Gasteiger partial charge in [-0.25, -0.2) is 4.98 Å². The Balaban J connectivity index is 1.36. The van der Waals surface area contributed by atoms with Crippen molar-refractivity contribution < 1.29 is 9.53 Å². The number of nitrogens with zero attached hydrogens (tertiary/aromatic N) is 2. The first-order valence-corrected chi connectivity index (χ1v) is 9.77. The summed E-state index contributed by atoms with van der Waals surface area (Å²) in [6.07, 6.45) is 5.85. The zero-order chi connectivity index (χ0) is 19.6. The molecule has 0 aliphatic carbocycles. The van der Waals surface area contributed by atoms with Crippen molar-refractivity contribution in [1.29, 1.82) is 0 Å². The first-order chi connectivity index (χ1) is 13.8. The van der Waals surface area contributed by atoms with Gasteiger partial charge < -0.3 is 14.6 Å². The summed E-state index contributed by atoms with van der Waals surface area (Å²) in [4.78, 5) is 16.6. The Morgan fingerprint density at radius 3 is 2.68 bits per heavy atom. The minimum absolute atomic E-state index is 0.0512. The molecule has 5 nitrogen and oxygen atoms in total. The van der Waals surface area contributed by atoms with E-state index in [-0.39, 0.29) is 12.5 Å². The molecule has 1 amide bonds. The minimum Gasteiger partial charge on any atom is -0.484 e. The van der Waals surface area contributed by atoms with Crippen LogP contribution in [0, 0.1) is 0 Å². The molecule has 0 radical (unpaired) electrons. The molecule has 1 heterocycles. The van der Waals surface area contributed by atoms with Crippen molar-refractivity contribution in [2.45, 2.75) is 32.2 Å². The van der Waals surface area contributed by atoms with Crippen molar-refractivity contribution in [3.63, 3.8) is 0 Å². The Kier molecular flexibility index (Phi) is 7.24. The molecule has 0 unspecified atom stereocenters. The number of para-hydroxylation sites is 3. The summed E-state index contributed by atoms with van der Waals surface area (Å²) in [7, 11) is 0. The molecule has 146 valence electrons. The van der Waals surface area contributed by atoms with Crippen molar-refractivity contribution in [2.75, 3.05) is 13.2 Å². The number of carbonyl (C=O) groups is 1. The highest BCUT2D eigenvalue weighted by Crippen LogP contribution is 2.17. The van der Waals surface area contributed by atoms with E-state index in [9.17, 15) is 4.79 Å².